The van der Waals surface area contributed by atoms with Gasteiger partial charge >= 0.3 is 12.0 Å². The lowest BCUT2D eigenvalue weighted by molar-refractivity contribution is -0.138. The van der Waals surface area contributed by atoms with Crippen LogP contribution >= 0.6 is 0 Å². The van der Waals surface area contributed by atoms with E-state index >= 15 is 0 Å². The Labute approximate surface area is 97.0 Å². The Balaban J connectivity index is 4.46. The smallest absolute Gasteiger partial charge is 0.319 e. The van der Waals surface area contributed by atoms with Crippen LogP contribution in [0.25, 0.3) is 0 Å². The quantitative estimate of drug-likeness (QED) is 0.754. The molecule has 0 saturated heterocycles. The molecule has 1 unspecified atom stereocenters. The Morgan fingerprint density at radius 2 is 1.88 bits per heavy atom. The highest BCUT2D eigenvalue weighted by Crippen LogP contribution is 2.07. The molecule has 0 aliphatic heterocycles. The predicted molar refractivity (Wildman–Crippen MR) is 62.4 cm³/mol. The van der Waals surface area contributed by atoms with E-state index in [1.165, 1.54) is 0 Å². The molecule has 0 spiro atoms. The van der Waals surface area contributed by atoms with Crippen molar-refractivity contribution in [2.24, 2.45) is 0 Å². The van der Waals surface area contributed by atoms with E-state index in [0.717, 1.165) is 6.42 Å². The average molecular weight is 230 g/mol. The van der Waals surface area contributed by atoms with Gasteiger partial charge in [-0.3, -0.25) is 4.79 Å². The van der Waals surface area contributed by atoms with Crippen LogP contribution in [0, 0.1) is 0 Å². The summed E-state index contributed by atoms with van der Waals surface area (Å²) >= 11 is 0. The van der Waals surface area contributed by atoms with E-state index in [2.05, 4.69) is 0 Å². The highest BCUT2D eigenvalue weighted by Gasteiger charge is 2.22. The topological polar surface area (TPSA) is 60.9 Å². The van der Waals surface area contributed by atoms with E-state index in [1.807, 2.05) is 13.8 Å². The van der Waals surface area contributed by atoms with E-state index in [4.69, 9.17) is 5.11 Å². The lowest BCUT2D eigenvalue weighted by Crippen LogP contribution is -2.46. The molecule has 0 aliphatic rings. The van der Waals surface area contributed by atoms with Crippen LogP contribution in [-0.2, 0) is 4.79 Å². The standard InChI is InChI=1S/C11H22N2O3/c1-5-7-12(4)11(16)13(6-2)9(3)8-10(14)15/h9H,5-8H2,1-4H3,(H,14,15). The van der Waals surface area contributed by atoms with Gasteiger partial charge in [-0.1, -0.05) is 6.92 Å². The summed E-state index contributed by atoms with van der Waals surface area (Å²) < 4.78 is 0. The summed E-state index contributed by atoms with van der Waals surface area (Å²) in [6, 6.07) is -0.368. The van der Waals surface area contributed by atoms with Gasteiger partial charge in [0.15, 0.2) is 0 Å². The Hall–Kier alpha value is -1.26. The summed E-state index contributed by atoms with van der Waals surface area (Å²) in [4.78, 5) is 25.8. The first-order valence-corrected chi connectivity index (χ1v) is 5.67. The summed E-state index contributed by atoms with van der Waals surface area (Å²) in [5, 5.41) is 8.70. The van der Waals surface area contributed by atoms with Gasteiger partial charge in [0.1, 0.15) is 0 Å². The fraction of sp³-hybridized carbons (Fsp3) is 0.818. The molecule has 0 radical (unpaired) electrons. The minimum absolute atomic E-state index is 0.0143. The molecule has 0 aromatic rings. The summed E-state index contributed by atoms with van der Waals surface area (Å²) in [5.41, 5.74) is 0. The maximum Gasteiger partial charge on any atom is 0.319 e. The van der Waals surface area contributed by atoms with Crippen molar-refractivity contribution in [1.29, 1.82) is 0 Å². The number of carboxylic acids is 1. The van der Waals surface area contributed by atoms with E-state index in [9.17, 15) is 9.59 Å². The van der Waals surface area contributed by atoms with Crippen molar-refractivity contribution >= 4 is 12.0 Å². The molecule has 94 valence electrons. The van der Waals surface area contributed by atoms with Crippen molar-refractivity contribution in [1.82, 2.24) is 9.80 Å². The van der Waals surface area contributed by atoms with Gasteiger partial charge < -0.3 is 14.9 Å². The van der Waals surface area contributed by atoms with Gasteiger partial charge in [-0.15, -0.1) is 0 Å². The maximum atomic E-state index is 11.9. The largest absolute Gasteiger partial charge is 0.481 e. The molecule has 1 N–H and O–H groups in total. The van der Waals surface area contributed by atoms with E-state index in [-0.39, 0.29) is 18.5 Å². The first-order chi connectivity index (χ1) is 7.43. The third-order valence-electron chi connectivity index (χ3n) is 2.47. The molecular weight excluding hydrogens is 208 g/mol. The van der Waals surface area contributed by atoms with Crippen molar-refractivity contribution in [2.75, 3.05) is 20.1 Å². The van der Waals surface area contributed by atoms with Crippen LogP contribution in [0.1, 0.15) is 33.6 Å². The molecule has 0 saturated carbocycles. The lowest BCUT2D eigenvalue weighted by Gasteiger charge is -2.31. The van der Waals surface area contributed by atoms with Crippen LogP contribution in [0.15, 0.2) is 0 Å². The number of aliphatic carboxylic acids is 1. The first-order valence-electron chi connectivity index (χ1n) is 5.67. The van der Waals surface area contributed by atoms with Gasteiger partial charge in [0.2, 0.25) is 0 Å². The molecular formula is C11H22N2O3. The molecule has 0 aromatic carbocycles. The van der Waals surface area contributed by atoms with Crippen molar-refractivity contribution in [3.63, 3.8) is 0 Å². The minimum atomic E-state index is -0.878. The number of nitrogens with zero attached hydrogens (tertiary/aromatic N) is 2. The molecule has 0 heterocycles. The van der Waals surface area contributed by atoms with E-state index in [1.54, 1.807) is 23.8 Å². The zero-order chi connectivity index (χ0) is 12.7. The Bertz CT molecular complexity index is 243. The molecule has 2 amide bonds. The lowest BCUT2D eigenvalue weighted by atomic mass is 10.2. The second-order valence-corrected chi connectivity index (χ2v) is 3.94. The van der Waals surface area contributed by atoms with Gasteiger partial charge in [0.05, 0.1) is 6.42 Å². The molecule has 0 aromatic heterocycles. The Kier molecular flexibility index (Phi) is 6.53. The number of amides is 2. The third kappa shape index (κ3) is 4.51. The predicted octanol–water partition coefficient (Wildman–Crippen LogP) is 1.63. The van der Waals surface area contributed by atoms with Crippen molar-refractivity contribution in [2.45, 2.75) is 39.7 Å². The third-order valence-corrected chi connectivity index (χ3v) is 2.47. The summed E-state index contributed by atoms with van der Waals surface area (Å²) in [5.74, 6) is -0.878. The second kappa shape index (κ2) is 7.09. The maximum absolute atomic E-state index is 11.9. The first kappa shape index (κ1) is 14.7. The number of carboxylic acid groups (broad SMARTS) is 1. The van der Waals surface area contributed by atoms with Crippen molar-refractivity contribution < 1.29 is 14.7 Å². The summed E-state index contributed by atoms with van der Waals surface area (Å²) in [7, 11) is 1.74. The average Bonchev–Trinajstić information content (AvgIpc) is 2.17. The van der Waals surface area contributed by atoms with Gasteiger partial charge in [-0.05, 0) is 20.3 Å². The fourth-order valence-corrected chi connectivity index (χ4v) is 1.65. The molecule has 0 rings (SSSR count). The van der Waals surface area contributed by atoms with Crippen molar-refractivity contribution in [3.8, 4) is 0 Å². The minimum Gasteiger partial charge on any atom is -0.481 e. The molecule has 5 nitrogen and oxygen atoms in total. The van der Waals surface area contributed by atoms with Crippen LogP contribution in [0.2, 0.25) is 0 Å². The highest BCUT2D eigenvalue weighted by atomic mass is 16.4. The number of urea groups is 1. The van der Waals surface area contributed by atoms with Crippen LogP contribution in [-0.4, -0.2) is 53.1 Å². The zero-order valence-electron chi connectivity index (χ0n) is 10.6. The SMILES string of the molecule is CCCN(C)C(=O)N(CC)C(C)CC(=O)O. The van der Waals surface area contributed by atoms with Crippen LogP contribution < -0.4 is 0 Å². The van der Waals surface area contributed by atoms with E-state index < -0.39 is 5.97 Å². The number of carbonyl (C=O) groups is 2. The Morgan fingerprint density at radius 3 is 2.25 bits per heavy atom. The van der Waals surface area contributed by atoms with Gasteiger partial charge in [-0.2, -0.15) is 0 Å². The molecule has 0 bridgehead atoms. The fourth-order valence-electron chi connectivity index (χ4n) is 1.65. The summed E-state index contributed by atoms with van der Waals surface area (Å²) in [6.45, 7) is 6.84. The van der Waals surface area contributed by atoms with Crippen LogP contribution in [0.3, 0.4) is 0 Å². The van der Waals surface area contributed by atoms with Crippen LogP contribution in [0.5, 0.6) is 0 Å². The highest BCUT2D eigenvalue weighted by molar-refractivity contribution is 5.75. The Morgan fingerprint density at radius 1 is 1.31 bits per heavy atom. The molecule has 16 heavy (non-hydrogen) atoms. The van der Waals surface area contributed by atoms with Crippen LogP contribution in [0.4, 0.5) is 4.79 Å². The number of hydrogen-bond donors (Lipinski definition) is 1. The molecule has 5 heteroatoms. The van der Waals surface area contributed by atoms with E-state index in [0.29, 0.717) is 13.1 Å². The monoisotopic (exact) mass is 230 g/mol. The second-order valence-electron chi connectivity index (χ2n) is 3.94. The molecule has 0 aliphatic carbocycles. The van der Waals surface area contributed by atoms with Gasteiger partial charge in [0.25, 0.3) is 0 Å². The number of rotatable bonds is 6. The summed E-state index contributed by atoms with van der Waals surface area (Å²) in [6.07, 6.45) is 0.882. The van der Waals surface area contributed by atoms with Crippen molar-refractivity contribution in [3.05, 3.63) is 0 Å². The molecule has 1 atom stereocenters. The zero-order valence-corrected chi connectivity index (χ0v) is 10.6. The van der Waals surface area contributed by atoms with Gasteiger partial charge in [-0.25, -0.2) is 4.79 Å². The molecule has 0 fully saturated rings. The number of carbonyl (C=O) groups excluding carboxylic acids is 1. The van der Waals surface area contributed by atoms with Gasteiger partial charge in [0, 0.05) is 26.2 Å². The normalized spacial score (nSPS) is 12.0. The number of hydrogen-bond acceptors (Lipinski definition) is 2.